The molecule has 0 aromatic carbocycles. The number of aryl methyl sites for hydroxylation is 1. The highest BCUT2D eigenvalue weighted by molar-refractivity contribution is 7.99. The number of thioether (sulfide) groups is 1. The normalized spacial score (nSPS) is 21.2. The molecule has 0 spiro atoms. The molecule has 23 heavy (non-hydrogen) atoms. The van der Waals surface area contributed by atoms with Crippen LogP contribution in [0.2, 0.25) is 0 Å². The average Bonchev–Trinajstić information content (AvgIpc) is 2.88. The van der Waals surface area contributed by atoms with Gasteiger partial charge >= 0.3 is 12.8 Å². The van der Waals surface area contributed by atoms with Crippen molar-refractivity contribution in [2.45, 2.75) is 49.8 Å². The number of nitrogens with one attached hydrogen (secondary N) is 1. The fourth-order valence-electron chi connectivity index (χ4n) is 2.17. The Labute approximate surface area is 133 Å². The molecule has 0 saturated carbocycles. The van der Waals surface area contributed by atoms with Crippen LogP contribution in [0.3, 0.4) is 0 Å². The molecule has 1 saturated heterocycles. The lowest BCUT2D eigenvalue weighted by Crippen LogP contribution is -2.19. The predicted molar refractivity (Wildman–Crippen MR) is 72.8 cm³/mol. The molecule has 11 heteroatoms. The Balaban J connectivity index is 2.21. The molecule has 0 amide bonds. The van der Waals surface area contributed by atoms with Crippen LogP contribution >= 0.6 is 11.8 Å². The molecule has 1 aliphatic rings. The maximum absolute atomic E-state index is 13.0. The van der Waals surface area contributed by atoms with Crippen LogP contribution in [-0.4, -0.2) is 27.4 Å². The summed E-state index contributed by atoms with van der Waals surface area (Å²) >= 11 is 1.11. The maximum atomic E-state index is 13.0. The summed E-state index contributed by atoms with van der Waals surface area (Å²) in [7, 11) is 1.13. The largest absolute Gasteiger partial charge is 0.435 e. The lowest BCUT2D eigenvalue weighted by molar-refractivity contribution is -0.142. The molecule has 1 fully saturated rings. The Morgan fingerprint density at radius 3 is 2.61 bits per heavy atom. The Kier molecular flexibility index (Phi) is 5.12. The van der Waals surface area contributed by atoms with Crippen molar-refractivity contribution < 1.29 is 31.5 Å². The third-order valence-electron chi connectivity index (χ3n) is 3.13. The summed E-state index contributed by atoms with van der Waals surface area (Å²) in [5.74, 6) is -0.778. The molecule has 1 aromatic rings. The molecule has 0 aliphatic carbocycles. The molecule has 1 unspecified atom stereocenters. The van der Waals surface area contributed by atoms with Crippen LogP contribution in [0.4, 0.5) is 22.0 Å². The van der Waals surface area contributed by atoms with Gasteiger partial charge < -0.3 is 4.74 Å². The molecule has 2 heterocycles. The maximum Gasteiger partial charge on any atom is 0.435 e. The minimum absolute atomic E-state index is 0.193. The van der Waals surface area contributed by atoms with Crippen molar-refractivity contribution in [3.8, 4) is 5.88 Å². The lowest BCUT2D eigenvalue weighted by atomic mass is 10.1. The van der Waals surface area contributed by atoms with Gasteiger partial charge in [0.05, 0.1) is 16.5 Å². The fourth-order valence-corrected chi connectivity index (χ4v) is 3.44. The van der Waals surface area contributed by atoms with Crippen LogP contribution in [0, 0.1) is 0 Å². The molecular formula is C12H16F5N3O2S. The van der Waals surface area contributed by atoms with Crippen LogP contribution < -0.4 is 10.2 Å². The van der Waals surface area contributed by atoms with Gasteiger partial charge in [-0.15, -0.1) is 11.8 Å². The quantitative estimate of drug-likeness (QED) is 0.816. The van der Waals surface area contributed by atoms with Gasteiger partial charge in [-0.2, -0.15) is 32.5 Å². The van der Waals surface area contributed by atoms with E-state index in [1.54, 1.807) is 0 Å². The summed E-state index contributed by atoms with van der Waals surface area (Å²) in [5.41, 5.74) is 0.638. The Hall–Kier alpha value is -1.07. The zero-order valence-electron chi connectivity index (χ0n) is 12.6. The van der Waals surface area contributed by atoms with E-state index in [1.807, 2.05) is 13.8 Å². The zero-order valence-corrected chi connectivity index (χ0v) is 13.4. The molecular weight excluding hydrogens is 345 g/mol. The standard InChI is InChI=1S/C12H16F5N3O2S/c1-11(2)4-7(19-22-11)23-5-6-8(12(15,16)17)18-20(3)9(6)21-10(13)14/h7,10,19H,4-5H2,1-3H3. The molecule has 1 N–H and O–H groups in total. The summed E-state index contributed by atoms with van der Waals surface area (Å²) in [6, 6.07) is 0. The van der Waals surface area contributed by atoms with Crippen LogP contribution in [0.5, 0.6) is 5.88 Å². The average molecular weight is 361 g/mol. The zero-order chi connectivity index (χ0) is 17.4. The third kappa shape index (κ3) is 4.48. The highest BCUT2D eigenvalue weighted by atomic mass is 32.2. The first kappa shape index (κ1) is 18.3. The molecule has 1 aliphatic heterocycles. The van der Waals surface area contributed by atoms with E-state index in [0.29, 0.717) is 11.1 Å². The molecule has 1 atom stereocenters. The van der Waals surface area contributed by atoms with Gasteiger partial charge in [0.15, 0.2) is 5.69 Å². The summed E-state index contributed by atoms with van der Waals surface area (Å²) in [6.45, 7) is 0.427. The summed E-state index contributed by atoms with van der Waals surface area (Å²) < 4.78 is 68.9. The van der Waals surface area contributed by atoms with E-state index < -0.39 is 35.5 Å². The number of alkyl halides is 5. The van der Waals surface area contributed by atoms with Crippen LogP contribution in [-0.2, 0) is 23.8 Å². The number of ether oxygens (including phenoxy) is 1. The number of halogens is 5. The lowest BCUT2D eigenvalue weighted by Gasteiger charge is -2.13. The minimum Gasteiger partial charge on any atom is -0.417 e. The molecule has 5 nitrogen and oxygen atoms in total. The topological polar surface area (TPSA) is 48.3 Å². The van der Waals surface area contributed by atoms with Crippen molar-refractivity contribution in [1.82, 2.24) is 15.3 Å². The summed E-state index contributed by atoms with van der Waals surface area (Å²) in [6.07, 6.45) is -4.19. The van der Waals surface area contributed by atoms with Gasteiger partial charge in [-0.1, -0.05) is 0 Å². The molecule has 1 aromatic heterocycles. The highest BCUT2D eigenvalue weighted by Crippen LogP contribution is 2.39. The fraction of sp³-hybridized carbons (Fsp3) is 0.750. The van der Waals surface area contributed by atoms with Gasteiger partial charge in [0, 0.05) is 19.2 Å². The van der Waals surface area contributed by atoms with Gasteiger partial charge in [0.25, 0.3) is 0 Å². The van der Waals surface area contributed by atoms with E-state index in [2.05, 4.69) is 15.3 Å². The van der Waals surface area contributed by atoms with E-state index in [0.717, 1.165) is 18.8 Å². The van der Waals surface area contributed by atoms with Gasteiger partial charge in [0.2, 0.25) is 5.88 Å². The van der Waals surface area contributed by atoms with E-state index >= 15 is 0 Å². The molecule has 2 rings (SSSR count). The first-order valence-corrected chi connectivity index (χ1v) is 7.67. The van der Waals surface area contributed by atoms with Crippen molar-refractivity contribution in [3.05, 3.63) is 11.3 Å². The van der Waals surface area contributed by atoms with E-state index in [9.17, 15) is 22.0 Å². The first-order chi connectivity index (χ1) is 10.5. The Bertz CT molecular complexity index is 562. The van der Waals surface area contributed by atoms with Gasteiger partial charge in [-0.05, 0) is 13.8 Å². The smallest absolute Gasteiger partial charge is 0.417 e. The van der Waals surface area contributed by atoms with Gasteiger partial charge in [-0.3, -0.25) is 4.84 Å². The monoisotopic (exact) mass is 361 g/mol. The summed E-state index contributed by atoms with van der Waals surface area (Å²) in [5, 5.41) is 3.02. The number of aromatic nitrogens is 2. The van der Waals surface area contributed by atoms with E-state index in [1.165, 1.54) is 0 Å². The number of rotatable bonds is 5. The van der Waals surface area contributed by atoms with Crippen LogP contribution in [0.25, 0.3) is 0 Å². The van der Waals surface area contributed by atoms with Crippen molar-refractivity contribution in [2.24, 2.45) is 7.05 Å². The third-order valence-corrected chi connectivity index (χ3v) is 4.25. The van der Waals surface area contributed by atoms with Crippen molar-refractivity contribution in [1.29, 1.82) is 0 Å². The van der Waals surface area contributed by atoms with E-state index in [-0.39, 0.29) is 11.1 Å². The van der Waals surface area contributed by atoms with Crippen LogP contribution in [0.15, 0.2) is 0 Å². The van der Waals surface area contributed by atoms with E-state index in [4.69, 9.17) is 4.84 Å². The van der Waals surface area contributed by atoms with Crippen LogP contribution in [0.1, 0.15) is 31.5 Å². The number of hydrogen-bond acceptors (Lipinski definition) is 5. The molecule has 0 radical (unpaired) electrons. The molecule has 132 valence electrons. The van der Waals surface area contributed by atoms with Gasteiger partial charge in [-0.25, -0.2) is 4.68 Å². The minimum atomic E-state index is -4.75. The molecule has 0 bridgehead atoms. The van der Waals surface area contributed by atoms with Crippen molar-refractivity contribution in [2.75, 3.05) is 0 Å². The second-order valence-corrected chi connectivity index (χ2v) is 6.81. The Morgan fingerprint density at radius 2 is 2.13 bits per heavy atom. The second-order valence-electron chi connectivity index (χ2n) is 5.62. The van der Waals surface area contributed by atoms with Crippen molar-refractivity contribution >= 4 is 11.8 Å². The van der Waals surface area contributed by atoms with Crippen molar-refractivity contribution in [3.63, 3.8) is 0 Å². The number of hydroxylamine groups is 1. The second kappa shape index (κ2) is 6.44. The summed E-state index contributed by atoms with van der Waals surface area (Å²) in [4.78, 5) is 5.27. The van der Waals surface area contributed by atoms with Gasteiger partial charge in [0.1, 0.15) is 0 Å². The Morgan fingerprint density at radius 1 is 1.48 bits per heavy atom. The first-order valence-electron chi connectivity index (χ1n) is 6.62. The highest BCUT2D eigenvalue weighted by Gasteiger charge is 2.40. The number of nitrogens with zero attached hydrogens (tertiary/aromatic N) is 2. The SMILES string of the molecule is Cn1nc(C(F)(F)F)c(CSC2CC(C)(C)ON2)c1OC(F)F. The number of hydrogen-bond donors (Lipinski definition) is 1. The predicted octanol–water partition coefficient (Wildman–Crippen LogP) is 3.30.